The number of piperazine rings is 1. The summed E-state index contributed by atoms with van der Waals surface area (Å²) >= 11 is 0. The van der Waals surface area contributed by atoms with Gasteiger partial charge in [-0.15, -0.1) is 0 Å². The number of nitrogens with zero attached hydrogens (tertiary/aromatic N) is 2. The molecule has 0 aliphatic carbocycles. The molecular weight excluding hydrogens is 419 g/mol. The minimum absolute atomic E-state index is 0.0451. The van der Waals surface area contributed by atoms with Gasteiger partial charge in [0.2, 0.25) is 0 Å². The zero-order valence-electron chi connectivity index (χ0n) is 18.6. The number of aromatic nitrogens is 1. The molecule has 2 aromatic carbocycles. The first-order valence-corrected chi connectivity index (χ1v) is 11.0. The normalized spacial score (nSPS) is 17.4. The number of carbonyl (C=O) groups excluding carboxylic acids is 2. The van der Waals surface area contributed by atoms with Crippen LogP contribution < -0.4 is 5.32 Å². The summed E-state index contributed by atoms with van der Waals surface area (Å²) in [5.41, 5.74) is 5.26. The lowest BCUT2D eigenvalue weighted by molar-refractivity contribution is -0.110. The van der Waals surface area contributed by atoms with Crippen molar-refractivity contribution in [3.05, 3.63) is 76.9 Å². The van der Waals surface area contributed by atoms with Crippen molar-refractivity contribution in [2.75, 3.05) is 38.5 Å². The van der Waals surface area contributed by atoms with E-state index < -0.39 is 0 Å². The molecule has 2 amide bonds. The van der Waals surface area contributed by atoms with Crippen LogP contribution in [0.25, 0.3) is 22.8 Å². The Morgan fingerprint density at radius 3 is 2.58 bits per heavy atom. The molecule has 2 aliphatic heterocycles. The van der Waals surface area contributed by atoms with Crippen LogP contribution in [0, 0.1) is 12.7 Å². The number of hydrogen-bond donors (Lipinski definition) is 2. The number of rotatable bonds is 3. The van der Waals surface area contributed by atoms with Crippen molar-refractivity contribution in [1.82, 2.24) is 14.8 Å². The number of nitrogens with one attached hydrogen (secondary N) is 2. The van der Waals surface area contributed by atoms with E-state index in [4.69, 9.17) is 0 Å². The standard InChI is InChI=1S/C26H25FN4O2/c1-16-13-20(26(33)31-11-9-30(2)10-12-31)23(28-16)15-21-24-19(17-5-3-6-18(27)14-17)7-4-8-22(24)29-25(21)32/h3-8,13-15,28H,9-12H2,1-2H3,(H,29,32). The third-order valence-corrected chi connectivity index (χ3v) is 6.25. The number of benzene rings is 2. The van der Waals surface area contributed by atoms with Crippen LogP contribution in [0.5, 0.6) is 0 Å². The summed E-state index contributed by atoms with van der Waals surface area (Å²) in [6.07, 6.45) is 1.74. The summed E-state index contributed by atoms with van der Waals surface area (Å²) in [4.78, 5) is 33.5. The molecular formula is C26H25FN4O2. The number of fused-ring (bicyclic) bond motifs is 1. The van der Waals surface area contributed by atoms with E-state index in [0.717, 1.165) is 24.3 Å². The van der Waals surface area contributed by atoms with Gasteiger partial charge in [0.1, 0.15) is 5.82 Å². The summed E-state index contributed by atoms with van der Waals surface area (Å²) in [7, 11) is 2.05. The minimum atomic E-state index is -0.340. The van der Waals surface area contributed by atoms with Gasteiger partial charge in [-0.3, -0.25) is 9.59 Å². The van der Waals surface area contributed by atoms with E-state index in [2.05, 4.69) is 15.2 Å². The van der Waals surface area contributed by atoms with Gasteiger partial charge < -0.3 is 20.1 Å². The molecule has 33 heavy (non-hydrogen) atoms. The van der Waals surface area contributed by atoms with Crippen molar-refractivity contribution >= 4 is 29.2 Å². The van der Waals surface area contributed by atoms with Crippen LogP contribution in [-0.4, -0.2) is 59.8 Å². The van der Waals surface area contributed by atoms with Crippen LogP contribution in [-0.2, 0) is 4.79 Å². The van der Waals surface area contributed by atoms with Crippen LogP contribution >= 0.6 is 0 Å². The molecule has 0 spiro atoms. The fourth-order valence-electron chi connectivity index (χ4n) is 4.51. The van der Waals surface area contributed by atoms with Crippen molar-refractivity contribution in [1.29, 1.82) is 0 Å². The molecule has 7 heteroatoms. The number of aryl methyl sites for hydroxylation is 1. The Hall–Kier alpha value is -3.71. The lowest BCUT2D eigenvalue weighted by atomic mass is 9.94. The van der Waals surface area contributed by atoms with E-state index in [0.29, 0.717) is 46.7 Å². The van der Waals surface area contributed by atoms with Crippen molar-refractivity contribution in [2.24, 2.45) is 0 Å². The topological polar surface area (TPSA) is 68.4 Å². The minimum Gasteiger partial charge on any atom is -0.358 e. The Balaban J connectivity index is 1.58. The van der Waals surface area contributed by atoms with Gasteiger partial charge in [-0.25, -0.2) is 4.39 Å². The average molecular weight is 445 g/mol. The molecule has 5 rings (SSSR count). The summed E-state index contributed by atoms with van der Waals surface area (Å²) in [5, 5.41) is 2.90. The first kappa shape index (κ1) is 21.2. The van der Waals surface area contributed by atoms with Gasteiger partial charge in [0, 0.05) is 43.1 Å². The largest absolute Gasteiger partial charge is 0.358 e. The molecule has 6 nitrogen and oxygen atoms in total. The lowest BCUT2D eigenvalue weighted by Gasteiger charge is -2.32. The molecule has 2 N–H and O–H groups in total. The van der Waals surface area contributed by atoms with Crippen LogP contribution in [0.3, 0.4) is 0 Å². The highest BCUT2D eigenvalue weighted by atomic mass is 19.1. The molecule has 0 bridgehead atoms. The Kier molecular flexibility index (Phi) is 5.34. The second-order valence-electron chi connectivity index (χ2n) is 8.63. The predicted octanol–water partition coefficient (Wildman–Crippen LogP) is 4.01. The first-order chi connectivity index (χ1) is 15.9. The van der Waals surface area contributed by atoms with Gasteiger partial charge in [-0.2, -0.15) is 0 Å². The van der Waals surface area contributed by atoms with Gasteiger partial charge in [-0.05, 0) is 55.4 Å². The highest BCUT2D eigenvalue weighted by Crippen LogP contribution is 2.40. The van der Waals surface area contributed by atoms with Gasteiger partial charge in [0.15, 0.2) is 0 Å². The van der Waals surface area contributed by atoms with Crippen molar-refractivity contribution in [2.45, 2.75) is 6.92 Å². The van der Waals surface area contributed by atoms with E-state index >= 15 is 0 Å². The average Bonchev–Trinajstić information content (AvgIpc) is 3.33. The molecule has 0 saturated carbocycles. The number of H-pyrrole nitrogens is 1. The number of anilines is 1. The highest BCUT2D eigenvalue weighted by molar-refractivity contribution is 6.36. The van der Waals surface area contributed by atoms with Gasteiger partial charge in [-0.1, -0.05) is 24.3 Å². The molecule has 3 aromatic rings. The molecule has 3 heterocycles. The summed E-state index contributed by atoms with van der Waals surface area (Å²) in [5.74, 6) is -0.636. The molecule has 0 unspecified atom stereocenters. The molecule has 1 fully saturated rings. The van der Waals surface area contributed by atoms with Gasteiger partial charge in [0.25, 0.3) is 11.8 Å². The molecule has 2 aliphatic rings. The number of aromatic amines is 1. The summed E-state index contributed by atoms with van der Waals surface area (Å²) in [6, 6.07) is 13.7. The number of halogens is 1. The second-order valence-corrected chi connectivity index (χ2v) is 8.63. The van der Waals surface area contributed by atoms with Crippen LogP contribution in [0.1, 0.15) is 27.3 Å². The Morgan fingerprint density at radius 1 is 1.06 bits per heavy atom. The maximum absolute atomic E-state index is 13.9. The third kappa shape index (κ3) is 3.96. The molecule has 0 atom stereocenters. The summed E-state index contributed by atoms with van der Waals surface area (Å²) < 4.78 is 13.9. The van der Waals surface area contributed by atoms with Crippen molar-refractivity contribution in [3.63, 3.8) is 0 Å². The van der Waals surface area contributed by atoms with E-state index in [9.17, 15) is 14.0 Å². The van der Waals surface area contributed by atoms with E-state index in [1.165, 1.54) is 12.1 Å². The maximum atomic E-state index is 13.9. The van der Waals surface area contributed by atoms with Gasteiger partial charge in [0.05, 0.1) is 16.8 Å². The number of hydrogen-bond acceptors (Lipinski definition) is 3. The SMILES string of the molecule is Cc1cc(C(=O)N2CCN(C)CC2)c(C=C2C(=O)Nc3cccc(-c4cccc(F)c4)c32)[nH]1. The Morgan fingerprint density at radius 2 is 1.82 bits per heavy atom. The highest BCUT2D eigenvalue weighted by Gasteiger charge is 2.29. The molecule has 1 aromatic heterocycles. The smallest absolute Gasteiger partial charge is 0.256 e. The maximum Gasteiger partial charge on any atom is 0.256 e. The van der Waals surface area contributed by atoms with E-state index in [1.54, 1.807) is 12.1 Å². The van der Waals surface area contributed by atoms with Crippen molar-refractivity contribution in [3.8, 4) is 11.1 Å². The number of carbonyl (C=O) groups is 2. The fourth-order valence-corrected chi connectivity index (χ4v) is 4.51. The van der Waals surface area contributed by atoms with Gasteiger partial charge >= 0.3 is 0 Å². The predicted molar refractivity (Wildman–Crippen MR) is 127 cm³/mol. The van der Waals surface area contributed by atoms with E-state index in [1.807, 2.05) is 49.2 Å². The van der Waals surface area contributed by atoms with Crippen LogP contribution in [0.2, 0.25) is 0 Å². The zero-order chi connectivity index (χ0) is 23.1. The Labute approximate surface area is 191 Å². The van der Waals surface area contributed by atoms with Crippen molar-refractivity contribution < 1.29 is 14.0 Å². The molecule has 0 radical (unpaired) electrons. The lowest BCUT2D eigenvalue weighted by Crippen LogP contribution is -2.47. The second kappa shape index (κ2) is 8.33. The van der Waals surface area contributed by atoms with Crippen LogP contribution in [0.15, 0.2) is 48.5 Å². The zero-order valence-corrected chi connectivity index (χ0v) is 18.6. The quantitative estimate of drug-likeness (QED) is 0.600. The number of likely N-dealkylation sites (N-methyl/N-ethyl adjacent to an activating group) is 1. The van der Waals surface area contributed by atoms with E-state index in [-0.39, 0.29) is 17.6 Å². The summed E-state index contributed by atoms with van der Waals surface area (Å²) in [6.45, 7) is 4.89. The Bertz CT molecular complexity index is 1290. The third-order valence-electron chi connectivity index (χ3n) is 6.25. The molecule has 168 valence electrons. The van der Waals surface area contributed by atoms with Crippen LogP contribution in [0.4, 0.5) is 10.1 Å². The first-order valence-electron chi connectivity index (χ1n) is 11.0. The molecule has 1 saturated heterocycles. The number of amides is 2. The fraction of sp³-hybridized carbons (Fsp3) is 0.231. The monoisotopic (exact) mass is 444 g/mol.